The van der Waals surface area contributed by atoms with Crippen LogP contribution in [-0.4, -0.2) is 63.8 Å². The summed E-state index contributed by atoms with van der Waals surface area (Å²) < 4.78 is 10.1. The molecule has 0 fully saturated rings. The van der Waals surface area contributed by atoms with Crippen molar-refractivity contribution < 1.29 is 23.9 Å². The van der Waals surface area contributed by atoms with Crippen LogP contribution in [0.5, 0.6) is 0 Å². The largest absolute Gasteiger partial charge is 0.466 e. The number of nitrogens with one attached hydrogen (secondary N) is 2. The molecule has 0 saturated carbocycles. The molecule has 0 bridgehead atoms. The molecule has 1 aromatic heterocycles. The maximum atomic E-state index is 12.4. The molecular formula is C42H48Cl2N6O5. The first-order valence-electron chi connectivity index (χ1n) is 18.3. The minimum atomic E-state index is -0.453. The number of benzene rings is 4. The lowest BCUT2D eigenvalue weighted by molar-refractivity contribution is -0.148. The number of amides is 1. The van der Waals surface area contributed by atoms with Gasteiger partial charge in [0.15, 0.2) is 0 Å². The molecule has 1 unspecified atom stereocenters. The summed E-state index contributed by atoms with van der Waals surface area (Å²) in [5.41, 5.74) is 12.6. The Bertz CT molecular complexity index is 1960. The second-order valence-corrected chi connectivity index (χ2v) is 14.1. The molecule has 0 aliphatic heterocycles. The number of halogens is 2. The standard InChI is InChI=1S/C22H24ClN5O3.C20H24ClNO2/c1-3-31-22(30)14(2)11-19(24-21(29)20-25-27-28-26-20)12-15-7-9-16(10-8-15)17-5-4-6-18(23)13-17;1-3-24-20(23)14(2)11-19(22)12-15-7-9-16(10-8-15)17-5-4-6-18(21)13-17/h4-10,13-14,19H,3,11-12H2,1-2H3,(H,24,29)(H,25,26,27,28);4-10,13-14,19H,3,11-12,22H2,1-2H3/t14-,19+;14?,19-/m10/s1. The molecule has 11 nitrogen and oxygen atoms in total. The van der Waals surface area contributed by atoms with Crippen molar-refractivity contribution in [3.8, 4) is 22.3 Å². The number of hydrogen-bond acceptors (Lipinski definition) is 9. The molecule has 0 saturated heterocycles. The van der Waals surface area contributed by atoms with Gasteiger partial charge >= 0.3 is 11.9 Å². The van der Waals surface area contributed by atoms with Gasteiger partial charge in [0.05, 0.1) is 25.0 Å². The molecule has 4 aromatic carbocycles. The second-order valence-electron chi connectivity index (χ2n) is 13.3. The van der Waals surface area contributed by atoms with Gasteiger partial charge in [-0.05, 0) is 102 Å². The van der Waals surface area contributed by atoms with E-state index in [-0.39, 0.29) is 41.7 Å². The zero-order valence-electron chi connectivity index (χ0n) is 31.5. The van der Waals surface area contributed by atoms with Gasteiger partial charge in [-0.15, -0.1) is 10.2 Å². The summed E-state index contributed by atoms with van der Waals surface area (Å²) in [5, 5.41) is 17.4. The van der Waals surface area contributed by atoms with Crippen molar-refractivity contribution in [3.63, 3.8) is 0 Å². The Labute approximate surface area is 332 Å². The molecule has 4 N–H and O–H groups in total. The Hall–Kier alpha value is -5.10. The molecule has 290 valence electrons. The third-order valence-electron chi connectivity index (χ3n) is 8.76. The van der Waals surface area contributed by atoms with Gasteiger partial charge in [0.2, 0.25) is 0 Å². The zero-order chi connectivity index (χ0) is 39.7. The molecule has 0 spiro atoms. The summed E-state index contributed by atoms with van der Waals surface area (Å²) in [6, 6.07) is 31.4. The number of nitrogens with two attached hydrogens (primary N) is 1. The van der Waals surface area contributed by atoms with Gasteiger partial charge in [0.1, 0.15) is 0 Å². The second kappa shape index (κ2) is 21.7. The average Bonchev–Trinajstić information content (AvgIpc) is 3.72. The van der Waals surface area contributed by atoms with E-state index in [4.69, 9.17) is 38.4 Å². The molecule has 4 atom stereocenters. The van der Waals surface area contributed by atoms with Crippen molar-refractivity contribution in [2.24, 2.45) is 17.6 Å². The lowest BCUT2D eigenvalue weighted by Crippen LogP contribution is -2.39. The number of aromatic nitrogens is 4. The number of tetrazole rings is 1. The van der Waals surface area contributed by atoms with Crippen molar-refractivity contribution in [3.05, 3.63) is 124 Å². The van der Waals surface area contributed by atoms with Crippen LogP contribution in [0.4, 0.5) is 0 Å². The topological polar surface area (TPSA) is 162 Å². The van der Waals surface area contributed by atoms with Crippen LogP contribution in [0, 0.1) is 11.8 Å². The Morgan fingerprint density at radius 1 is 0.709 bits per heavy atom. The van der Waals surface area contributed by atoms with Crippen molar-refractivity contribution in [2.45, 2.75) is 65.5 Å². The van der Waals surface area contributed by atoms with Crippen LogP contribution in [-0.2, 0) is 31.9 Å². The average molecular weight is 788 g/mol. The van der Waals surface area contributed by atoms with E-state index in [1.807, 2.05) is 86.6 Å². The fourth-order valence-electron chi connectivity index (χ4n) is 6.02. The minimum absolute atomic E-state index is 0.0508. The first-order valence-corrected chi connectivity index (χ1v) is 19.0. The number of carbonyl (C=O) groups excluding carboxylic acids is 3. The number of carbonyl (C=O) groups is 3. The van der Waals surface area contributed by atoms with E-state index in [1.54, 1.807) is 13.8 Å². The number of ether oxygens (including phenoxy) is 2. The molecule has 1 amide bonds. The lowest BCUT2D eigenvalue weighted by Gasteiger charge is -2.21. The molecule has 0 radical (unpaired) electrons. The van der Waals surface area contributed by atoms with Gasteiger partial charge in [-0.3, -0.25) is 14.4 Å². The molecule has 55 heavy (non-hydrogen) atoms. The summed E-state index contributed by atoms with van der Waals surface area (Å²) in [6.07, 6.45) is 2.30. The summed E-state index contributed by atoms with van der Waals surface area (Å²) in [7, 11) is 0. The predicted octanol–water partition coefficient (Wildman–Crippen LogP) is 7.92. The molecule has 13 heteroatoms. The van der Waals surface area contributed by atoms with Gasteiger partial charge in [0, 0.05) is 22.1 Å². The number of hydrogen-bond donors (Lipinski definition) is 3. The number of aromatic amines is 1. The Balaban J connectivity index is 0.000000253. The van der Waals surface area contributed by atoms with E-state index in [1.165, 1.54) is 0 Å². The van der Waals surface area contributed by atoms with E-state index in [0.29, 0.717) is 37.5 Å². The highest BCUT2D eigenvalue weighted by molar-refractivity contribution is 6.31. The highest BCUT2D eigenvalue weighted by Gasteiger charge is 2.24. The van der Waals surface area contributed by atoms with Crippen molar-refractivity contribution in [1.82, 2.24) is 25.9 Å². The normalized spacial score (nSPS) is 13.0. The highest BCUT2D eigenvalue weighted by Crippen LogP contribution is 2.25. The fraction of sp³-hybridized carbons (Fsp3) is 0.333. The summed E-state index contributed by atoms with van der Waals surface area (Å²) in [5.74, 6) is -1.52. The summed E-state index contributed by atoms with van der Waals surface area (Å²) in [6.45, 7) is 7.94. The van der Waals surface area contributed by atoms with Gasteiger partial charge < -0.3 is 20.5 Å². The van der Waals surface area contributed by atoms with E-state index < -0.39 is 5.91 Å². The van der Waals surface area contributed by atoms with E-state index >= 15 is 0 Å². The summed E-state index contributed by atoms with van der Waals surface area (Å²) in [4.78, 5) is 36.2. The van der Waals surface area contributed by atoms with Gasteiger partial charge in [-0.25, -0.2) is 0 Å². The lowest BCUT2D eigenvalue weighted by atomic mass is 9.95. The number of esters is 2. The van der Waals surface area contributed by atoms with Crippen LogP contribution in [0.2, 0.25) is 10.0 Å². The monoisotopic (exact) mass is 786 g/mol. The molecule has 0 aliphatic carbocycles. The predicted molar refractivity (Wildman–Crippen MR) is 215 cm³/mol. The van der Waals surface area contributed by atoms with Crippen LogP contribution in [0.15, 0.2) is 97.1 Å². The zero-order valence-corrected chi connectivity index (χ0v) is 33.0. The van der Waals surface area contributed by atoms with Crippen LogP contribution in [0.3, 0.4) is 0 Å². The maximum absolute atomic E-state index is 12.4. The number of nitrogens with zero attached hydrogens (tertiary/aromatic N) is 3. The molecule has 1 heterocycles. The van der Waals surface area contributed by atoms with Crippen molar-refractivity contribution in [2.75, 3.05) is 13.2 Å². The number of rotatable bonds is 16. The Morgan fingerprint density at radius 3 is 1.65 bits per heavy atom. The fourth-order valence-corrected chi connectivity index (χ4v) is 6.40. The van der Waals surface area contributed by atoms with Gasteiger partial charge in [-0.1, -0.05) is 110 Å². The van der Waals surface area contributed by atoms with Gasteiger partial charge in [-0.2, -0.15) is 5.21 Å². The first kappa shape index (κ1) is 42.6. The van der Waals surface area contributed by atoms with Crippen molar-refractivity contribution >= 4 is 41.0 Å². The smallest absolute Gasteiger partial charge is 0.308 e. The quantitative estimate of drug-likeness (QED) is 0.0844. The van der Waals surface area contributed by atoms with Crippen LogP contribution in [0.25, 0.3) is 22.3 Å². The first-order chi connectivity index (χ1) is 26.4. The van der Waals surface area contributed by atoms with Crippen molar-refractivity contribution in [1.29, 1.82) is 0 Å². The molecular weight excluding hydrogens is 739 g/mol. The van der Waals surface area contributed by atoms with E-state index in [2.05, 4.69) is 50.2 Å². The molecule has 0 aliphatic rings. The Morgan fingerprint density at radius 2 is 1.20 bits per heavy atom. The third kappa shape index (κ3) is 13.9. The maximum Gasteiger partial charge on any atom is 0.308 e. The van der Waals surface area contributed by atoms with Crippen LogP contribution in [0.1, 0.15) is 62.3 Å². The molecule has 5 aromatic rings. The summed E-state index contributed by atoms with van der Waals surface area (Å²) >= 11 is 12.1. The van der Waals surface area contributed by atoms with E-state index in [0.717, 1.165) is 44.8 Å². The van der Waals surface area contributed by atoms with Crippen LogP contribution >= 0.6 is 23.2 Å². The SMILES string of the molecule is CCOC(=O)C(C)C[C@H](N)Cc1ccc(-c2cccc(Cl)c2)cc1.CCOC(=O)[C@H](C)C[C@@H](Cc1ccc(-c2cccc(Cl)c2)cc1)NC(=O)c1nn[nH]n1. The number of H-pyrrole nitrogens is 1. The minimum Gasteiger partial charge on any atom is -0.466 e. The third-order valence-corrected chi connectivity index (χ3v) is 9.23. The van der Waals surface area contributed by atoms with Gasteiger partial charge in [0.25, 0.3) is 11.7 Å². The molecule has 5 rings (SSSR count). The highest BCUT2D eigenvalue weighted by atomic mass is 35.5. The van der Waals surface area contributed by atoms with Crippen LogP contribution < -0.4 is 11.1 Å². The van der Waals surface area contributed by atoms with E-state index in [9.17, 15) is 14.4 Å². The Kier molecular flexibility index (Phi) is 16.8.